The molecule has 2 aliphatic heterocycles. The molecule has 2 fully saturated rings. The predicted octanol–water partition coefficient (Wildman–Crippen LogP) is 4.78. The zero-order chi connectivity index (χ0) is 17.5. The highest BCUT2D eigenvalue weighted by Gasteiger charge is 2.22. The maximum atomic E-state index is 5.94. The van der Waals surface area contributed by atoms with E-state index in [9.17, 15) is 0 Å². The van der Waals surface area contributed by atoms with Crippen LogP contribution in [0.3, 0.4) is 0 Å². The van der Waals surface area contributed by atoms with Gasteiger partial charge in [0.2, 0.25) is 0 Å². The minimum Gasteiger partial charge on any atom is -0.381 e. The van der Waals surface area contributed by atoms with E-state index in [1.54, 1.807) is 0 Å². The van der Waals surface area contributed by atoms with Crippen LogP contribution in [0, 0.1) is 3.57 Å². The Labute approximate surface area is 166 Å². The molecule has 0 bridgehead atoms. The van der Waals surface area contributed by atoms with E-state index in [0.29, 0.717) is 5.92 Å². The fourth-order valence-electron chi connectivity index (χ4n) is 4.14. The van der Waals surface area contributed by atoms with Crippen molar-refractivity contribution in [2.24, 2.45) is 0 Å². The van der Waals surface area contributed by atoms with Crippen LogP contribution in [0.1, 0.15) is 49.9 Å². The predicted molar refractivity (Wildman–Crippen MR) is 109 cm³/mol. The zero-order valence-corrected chi connectivity index (χ0v) is 16.8. The van der Waals surface area contributed by atoms with Crippen LogP contribution in [0.5, 0.6) is 0 Å². The molecule has 6 heteroatoms. The molecule has 2 saturated heterocycles. The minimum absolute atomic E-state index is 0.0623. The Morgan fingerprint density at radius 1 is 1.00 bits per heavy atom. The average molecular weight is 463 g/mol. The molecule has 136 valence electrons. The average Bonchev–Trinajstić information content (AvgIpc) is 3.11. The molecule has 0 N–H and O–H groups in total. The summed E-state index contributed by atoms with van der Waals surface area (Å²) in [5, 5.41) is 8.26. The molecule has 5 rings (SSSR count). The van der Waals surface area contributed by atoms with Gasteiger partial charge in [-0.05, 0) is 72.2 Å². The summed E-state index contributed by atoms with van der Waals surface area (Å²) in [5.74, 6) is 0.508. The van der Waals surface area contributed by atoms with E-state index in [2.05, 4.69) is 39.8 Å². The molecule has 2 aromatic heterocycles. The molecule has 2 aliphatic rings. The van der Waals surface area contributed by atoms with Crippen LogP contribution < -0.4 is 0 Å². The van der Waals surface area contributed by atoms with Crippen molar-refractivity contribution in [3.05, 3.63) is 33.8 Å². The molecule has 26 heavy (non-hydrogen) atoms. The van der Waals surface area contributed by atoms with Gasteiger partial charge in [-0.15, -0.1) is 0 Å². The highest BCUT2D eigenvalue weighted by molar-refractivity contribution is 14.1. The van der Waals surface area contributed by atoms with E-state index in [-0.39, 0.29) is 6.23 Å². The number of rotatable bonds is 2. The second-order valence-corrected chi connectivity index (χ2v) is 8.33. The summed E-state index contributed by atoms with van der Waals surface area (Å²) in [5.41, 5.74) is 2.37. The van der Waals surface area contributed by atoms with Crippen LogP contribution in [-0.2, 0) is 9.47 Å². The SMILES string of the molecule is Ic1c(C2CCOCC2)ncc2cc3c(cnn3C3CCCCO3)cc12. The number of ether oxygens (including phenoxy) is 2. The standard InChI is InChI=1S/C20H22IN3O2/c21-19-16-9-15-12-23-24(18-3-1-2-6-26-18)17(15)10-14(16)11-22-20(19)13-4-7-25-8-5-13/h9-13,18H,1-8H2. The van der Waals surface area contributed by atoms with Gasteiger partial charge in [0.25, 0.3) is 0 Å². The van der Waals surface area contributed by atoms with E-state index < -0.39 is 0 Å². The van der Waals surface area contributed by atoms with Gasteiger partial charge in [-0.25, -0.2) is 4.68 Å². The number of nitrogens with zero attached hydrogens (tertiary/aromatic N) is 3. The van der Waals surface area contributed by atoms with Gasteiger partial charge in [-0.3, -0.25) is 4.98 Å². The molecule has 0 aliphatic carbocycles. The summed E-state index contributed by atoms with van der Waals surface area (Å²) >= 11 is 2.47. The van der Waals surface area contributed by atoms with E-state index >= 15 is 0 Å². The second kappa shape index (κ2) is 7.05. The van der Waals surface area contributed by atoms with Gasteiger partial charge in [0.15, 0.2) is 6.23 Å². The van der Waals surface area contributed by atoms with E-state index in [0.717, 1.165) is 51.0 Å². The summed E-state index contributed by atoms with van der Waals surface area (Å²) in [6, 6.07) is 4.49. The van der Waals surface area contributed by atoms with Crippen LogP contribution in [-0.4, -0.2) is 34.6 Å². The molecule has 0 amide bonds. The lowest BCUT2D eigenvalue weighted by Crippen LogP contribution is -2.19. The monoisotopic (exact) mass is 463 g/mol. The third-order valence-corrected chi connectivity index (χ3v) is 6.74. The molecular weight excluding hydrogens is 441 g/mol. The topological polar surface area (TPSA) is 49.2 Å². The van der Waals surface area contributed by atoms with Crippen molar-refractivity contribution in [3.63, 3.8) is 0 Å². The molecule has 5 nitrogen and oxygen atoms in total. The molecule has 1 unspecified atom stereocenters. The summed E-state index contributed by atoms with van der Waals surface area (Å²) in [7, 11) is 0. The molecule has 1 atom stereocenters. The number of aromatic nitrogens is 3. The van der Waals surface area contributed by atoms with Gasteiger partial charge in [0, 0.05) is 46.3 Å². The van der Waals surface area contributed by atoms with Gasteiger partial charge in [-0.2, -0.15) is 5.10 Å². The summed E-state index contributed by atoms with van der Waals surface area (Å²) < 4.78 is 14.8. The van der Waals surface area contributed by atoms with Gasteiger partial charge < -0.3 is 9.47 Å². The van der Waals surface area contributed by atoms with E-state index in [4.69, 9.17) is 14.5 Å². The van der Waals surface area contributed by atoms with E-state index in [1.807, 2.05) is 17.1 Å². The van der Waals surface area contributed by atoms with Crippen molar-refractivity contribution in [3.8, 4) is 0 Å². The molecule has 0 radical (unpaired) electrons. The third kappa shape index (κ3) is 2.92. The quantitative estimate of drug-likeness (QED) is 0.514. The lowest BCUT2D eigenvalue weighted by Gasteiger charge is -2.24. The first-order chi connectivity index (χ1) is 12.8. The number of hydrogen-bond acceptors (Lipinski definition) is 4. The molecule has 3 aromatic rings. The maximum Gasteiger partial charge on any atom is 0.150 e. The van der Waals surface area contributed by atoms with Crippen LogP contribution in [0.25, 0.3) is 21.7 Å². The molecule has 0 saturated carbocycles. The van der Waals surface area contributed by atoms with Gasteiger partial charge >= 0.3 is 0 Å². The Kier molecular flexibility index (Phi) is 4.58. The molecule has 1 aromatic carbocycles. The number of hydrogen-bond donors (Lipinski definition) is 0. The first kappa shape index (κ1) is 16.9. The summed E-state index contributed by atoms with van der Waals surface area (Å²) in [6.07, 6.45) is 9.57. The first-order valence-electron chi connectivity index (χ1n) is 9.46. The van der Waals surface area contributed by atoms with Crippen LogP contribution in [0.4, 0.5) is 0 Å². The van der Waals surface area contributed by atoms with Gasteiger partial charge in [0.1, 0.15) is 0 Å². The fourth-order valence-corrected chi connectivity index (χ4v) is 5.19. The lowest BCUT2D eigenvalue weighted by molar-refractivity contribution is -0.0366. The Bertz CT molecular complexity index is 943. The second-order valence-electron chi connectivity index (χ2n) is 7.25. The van der Waals surface area contributed by atoms with Gasteiger partial charge in [0.05, 0.1) is 17.4 Å². The normalized spacial score (nSPS) is 22.3. The van der Waals surface area contributed by atoms with Crippen LogP contribution in [0.2, 0.25) is 0 Å². The Morgan fingerprint density at radius 2 is 1.88 bits per heavy atom. The fraction of sp³-hybridized carbons (Fsp3) is 0.500. The van der Waals surface area contributed by atoms with E-state index in [1.165, 1.54) is 31.8 Å². The van der Waals surface area contributed by atoms with Crippen LogP contribution >= 0.6 is 22.6 Å². The smallest absolute Gasteiger partial charge is 0.150 e. The first-order valence-corrected chi connectivity index (χ1v) is 10.5. The van der Waals surface area contributed by atoms with Gasteiger partial charge in [-0.1, -0.05) is 0 Å². The minimum atomic E-state index is 0.0623. The number of benzene rings is 1. The van der Waals surface area contributed by atoms with Crippen molar-refractivity contribution < 1.29 is 9.47 Å². The largest absolute Gasteiger partial charge is 0.381 e. The molecule has 4 heterocycles. The highest BCUT2D eigenvalue weighted by atomic mass is 127. The Morgan fingerprint density at radius 3 is 2.69 bits per heavy atom. The molecule has 0 spiro atoms. The summed E-state index contributed by atoms with van der Waals surface area (Å²) in [4.78, 5) is 4.84. The van der Waals surface area contributed by atoms with Crippen molar-refractivity contribution >= 4 is 44.3 Å². The number of halogens is 1. The maximum absolute atomic E-state index is 5.94. The van der Waals surface area contributed by atoms with Crippen molar-refractivity contribution in [2.75, 3.05) is 19.8 Å². The Hall–Kier alpha value is -1.25. The van der Waals surface area contributed by atoms with Crippen molar-refractivity contribution in [2.45, 2.75) is 44.2 Å². The number of pyridine rings is 1. The van der Waals surface area contributed by atoms with Crippen LogP contribution in [0.15, 0.2) is 24.5 Å². The highest BCUT2D eigenvalue weighted by Crippen LogP contribution is 2.35. The Balaban J connectivity index is 1.59. The van der Waals surface area contributed by atoms with Crippen molar-refractivity contribution in [1.82, 2.24) is 14.8 Å². The third-order valence-electron chi connectivity index (χ3n) is 5.61. The molecular formula is C20H22IN3O2. The lowest BCUT2D eigenvalue weighted by atomic mass is 9.94. The van der Waals surface area contributed by atoms with Crippen molar-refractivity contribution in [1.29, 1.82) is 0 Å². The zero-order valence-electron chi connectivity index (χ0n) is 14.7. The summed E-state index contributed by atoms with van der Waals surface area (Å²) in [6.45, 7) is 2.51. The number of fused-ring (bicyclic) bond motifs is 2.